The fourth-order valence-electron chi connectivity index (χ4n) is 2.59. The van der Waals surface area contributed by atoms with Gasteiger partial charge in [-0.25, -0.2) is 0 Å². The van der Waals surface area contributed by atoms with E-state index >= 15 is 0 Å². The molecule has 1 N–H and O–H groups in total. The van der Waals surface area contributed by atoms with Crippen LogP contribution in [0.15, 0.2) is 0 Å². The summed E-state index contributed by atoms with van der Waals surface area (Å²) in [4.78, 5) is 11.9. The summed E-state index contributed by atoms with van der Waals surface area (Å²) in [6.07, 6.45) is 5.98. The molecule has 82 valence electrons. The number of rotatable bonds is 2. The summed E-state index contributed by atoms with van der Waals surface area (Å²) in [5.74, 6) is 0.555. The Labute approximate surface area is 90.8 Å². The molecule has 0 heterocycles. The molecule has 0 bridgehead atoms. The average molecular weight is 206 g/mol. The third-order valence-electron chi connectivity index (χ3n) is 4.03. The first-order valence-corrected chi connectivity index (χ1v) is 5.90. The Balaban J connectivity index is 1.95. The zero-order valence-corrected chi connectivity index (χ0v) is 9.25. The highest BCUT2D eigenvalue weighted by molar-refractivity contribution is 5.86. The Kier molecular flexibility index (Phi) is 2.68. The summed E-state index contributed by atoms with van der Waals surface area (Å²) in [6, 6.07) is 2.50. The van der Waals surface area contributed by atoms with E-state index in [-0.39, 0.29) is 5.91 Å². The summed E-state index contributed by atoms with van der Waals surface area (Å²) >= 11 is 0. The number of nitriles is 1. The summed E-state index contributed by atoms with van der Waals surface area (Å²) in [5.41, 5.74) is -0.678. The van der Waals surface area contributed by atoms with Gasteiger partial charge in [0, 0.05) is 6.04 Å². The molecule has 3 heteroatoms. The maximum atomic E-state index is 11.9. The van der Waals surface area contributed by atoms with Crippen LogP contribution in [-0.2, 0) is 4.79 Å². The van der Waals surface area contributed by atoms with Gasteiger partial charge >= 0.3 is 0 Å². The van der Waals surface area contributed by atoms with Crippen LogP contribution in [0.1, 0.15) is 45.4 Å². The molecular formula is C12H18N2O. The van der Waals surface area contributed by atoms with Crippen LogP contribution in [0.5, 0.6) is 0 Å². The molecule has 0 radical (unpaired) electrons. The first-order chi connectivity index (χ1) is 7.18. The molecule has 0 aromatic carbocycles. The van der Waals surface area contributed by atoms with Crippen molar-refractivity contribution < 1.29 is 4.79 Å². The van der Waals surface area contributed by atoms with Gasteiger partial charge in [0.2, 0.25) is 5.91 Å². The predicted octanol–water partition coefficient (Wildman–Crippen LogP) is 1.99. The van der Waals surface area contributed by atoms with E-state index in [9.17, 15) is 4.79 Å². The minimum atomic E-state index is -0.678. The largest absolute Gasteiger partial charge is 0.352 e. The quantitative estimate of drug-likeness (QED) is 0.751. The summed E-state index contributed by atoms with van der Waals surface area (Å²) in [7, 11) is 0. The van der Waals surface area contributed by atoms with E-state index < -0.39 is 5.41 Å². The van der Waals surface area contributed by atoms with Crippen molar-refractivity contribution in [2.45, 2.75) is 51.5 Å². The first kappa shape index (κ1) is 10.5. The fourth-order valence-corrected chi connectivity index (χ4v) is 2.59. The Morgan fingerprint density at radius 2 is 2.13 bits per heavy atom. The van der Waals surface area contributed by atoms with E-state index in [1.54, 1.807) is 0 Å². The van der Waals surface area contributed by atoms with Gasteiger partial charge in [-0.05, 0) is 38.0 Å². The molecule has 2 rings (SSSR count). The van der Waals surface area contributed by atoms with Crippen LogP contribution in [-0.4, -0.2) is 11.9 Å². The average Bonchev–Trinajstić information content (AvgIpc) is 2.51. The molecule has 2 aliphatic carbocycles. The third kappa shape index (κ3) is 1.73. The Bertz CT molecular complexity index is 301. The normalized spacial score (nSPS) is 32.8. The van der Waals surface area contributed by atoms with Crippen LogP contribution in [0.25, 0.3) is 0 Å². The molecule has 2 fully saturated rings. The van der Waals surface area contributed by atoms with E-state index in [1.165, 1.54) is 12.8 Å². The monoisotopic (exact) mass is 206 g/mol. The molecule has 0 saturated heterocycles. The van der Waals surface area contributed by atoms with Gasteiger partial charge in [-0.15, -0.1) is 0 Å². The lowest BCUT2D eigenvalue weighted by molar-refractivity contribution is -0.132. The van der Waals surface area contributed by atoms with E-state index in [0.29, 0.717) is 12.0 Å². The molecule has 2 aliphatic rings. The number of nitrogens with zero attached hydrogens (tertiary/aromatic N) is 1. The van der Waals surface area contributed by atoms with Crippen molar-refractivity contribution in [3.05, 3.63) is 0 Å². The van der Waals surface area contributed by atoms with Gasteiger partial charge in [0.25, 0.3) is 0 Å². The topological polar surface area (TPSA) is 52.9 Å². The van der Waals surface area contributed by atoms with E-state index in [2.05, 4.69) is 18.3 Å². The van der Waals surface area contributed by atoms with Gasteiger partial charge in [-0.1, -0.05) is 13.3 Å². The van der Waals surface area contributed by atoms with Crippen molar-refractivity contribution in [3.8, 4) is 6.07 Å². The second-order valence-electron chi connectivity index (χ2n) is 5.04. The Morgan fingerprint density at radius 1 is 1.40 bits per heavy atom. The molecule has 2 unspecified atom stereocenters. The molecule has 3 nitrogen and oxygen atoms in total. The predicted molar refractivity (Wildman–Crippen MR) is 56.8 cm³/mol. The van der Waals surface area contributed by atoms with Crippen molar-refractivity contribution in [3.63, 3.8) is 0 Å². The maximum Gasteiger partial charge on any atom is 0.240 e. The Morgan fingerprint density at radius 3 is 2.53 bits per heavy atom. The van der Waals surface area contributed by atoms with Crippen LogP contribution in [0.2, 0.25) is 0 Å². The van der Waals surface area contributed by atoms with Gasteiger partial charge < -0.3 is 5.32 Å². The van der Waals surface area contributed by atoms with E-state index in [4.69, 9.17) is 5.26 Å². The summed E-state index contributed by atoms with van der Waals surface area (Å²) < 4.78 is 0. The highest BCUT2D eigenvalue weighted by Gasteiger charge is 2.45. The van der Waals surface area contributed by atoms with Crippen molar-refractivity contribution in [2.75, 3.05) is 0 Å². The van der Waals surface area contributed by atoms with Crippen molar-refractivity contribution in [2.24, 2.45) is 11.3 Å². The van der Waals surface area contributed by atoms with Crippen molar-refractivity contribution in [1.29, 1.82) is 5.26 Å². The smallest absolute Gasteiger partial charge is 0.240 e. The summed E-state index contributed by atoms with van der Waals surface area (Å²) in [6.45, 7) is 2.18. The molecule has 1 amide bonds. The second-order valence-corrected chi connectivity index (χ2v) is 5.04. The van der Waals surface area contributed by atoms with Gasteiger partial charge in [-0.3, -0.25) is 4.79 Å². The standard InChI is InChI=1S/C12H18N2O/c1-9-4-2-5-10(9)14-11(15)12(8-13)6-3-7-12/h9-10H,2-7H2,1H3,(H,14,15). The lowest BCUT2D eigenvalue weighted by atomic mass is 9.69. The zero-order valence-electron chi connectivity index (χ0n) is 9.25. The molecule has 2 atom stereocenters. The third-order valence-corrected chi connectivity index (χ3v) is 4.03. The molecule has 2 saturated carbocycles. The number of carbonyl (C=O) groups excluding carboxylic acids is 1. The number of amides is 1. The van der Waals surface area contributed by atoms with Crippen LogP contribution >= 0.6 is 0 Å². The maximum absolute atomic E-state index is 11.9. The highest BCUT2D eigenvalue weighted by Crippen LogP contribution is 2.41. The molecule has 0 aliphatic heterocycles. The molecular weight excluding hydrogens is 188 g/mol. The van der Waals surface area contributed by atoms with Gasteiger partial charge in [0.05, 0.1) is 6.07 Å². The summed E-state index contributed by atoms with van der Waals surface area (Å²) in [5, 5.41) is 12.1. The Hall–Kier alpha value is -1.04. The highest BCUT2D eigenvalue weighted by atomic mass is 16.2. The van der Waals surface area contributed by atoms with Gasteiger partial charge in [0.1, 0.15) is 5.41 Å². The number of hydrogen-bond acceptors (Lipinski definition) is 2. The van der Waals surface area contributed by atoms with Crippen LogP contribution in [0.4, 0.5) is 0 Å². The molecule has 0 spiro atoms. The SMILES string of the molecule is CC1CCCC1NC(=O)C1(C#N)CCC1. The minimum absolute atomic E-state index is 0.0185. The van der Waals surface area contributed by atoms with E-state index in [0.717, 1.165) is 25.7 Å². The molecule has 0 aromatic rings. The van der Waals surface area contributed by atoms with Crippen LogP contribution in [0, 0.1) is 22.7 Å². The van der Waals surface area contributed by atoms with Crippen LogP contribution < -0.4 is 5.32 Å². The number of hydrogen-bond donors (Lipinski definition) is 1. The van der Waals surface area contributed by atoms with Crippen molar-refractivity contribution >= 4 is 5.91 Å². The lowest BCUT2D eigenvalue weighted by Gasteiger charge is -2.35. The lowest BCUT2D eigenvalue weighted by Crippen LogP contribution is -2.49. The van der Waals surface area contributed by atoms with E-state index in [1.807, 2.05) is 0 Å². The van der Waals surface area contributed by atoms with Crippen LogP contribution in [0.3, 0.4) is 0 Å². The second kappa shape index (κ2) is 3.84. The molecule has 0 aromatic heterocycles. The zero-order chi connectivity index (χ0) is 10.9. The number of carbonyl (C=O) groups is 1. The van der Waals surface area contributed by atoms with Gasteiger partial charge in [-0.2, -0.15) is 5.26 Å². The molecule has 15 heavy (non-hydrogen) atoms. The minimum Gasteiger partial charge on any atom is -0.352 e. The van der Waals surface area contributed by atoms with Crippen molar-refractivity contribution in [1.82, 2.24) is 5.32 Å². The fraction of sp³-hybridized carbons (Fsp3) is 0.833. The van der Waals surface area contributed by atoms with Gasteiger partial charge in [0.15, 0.2) is 0 Å². The number of nitrogens with one attached hydrogen (secondary N) is 1. The first-order valence-electron chi connectivity index (χ1n) is 5.90.